The first kappa shape index (κ1) is 19.2. The van der Waals surface area contributed by atoms with Crippen LogP contribution in [-0.2, 0) is 0 Å². The highest BCUT2D eigenvalue weighted by Crippen LogP contribution is 2.28. The van der Waals surface area contributed by atoms with Crippen molar-refractivity contribution in [2.45, 2.75) is 0 Å². The molecule has 0 saturated heterocycles. The molecule has 1 heterocycles. The number of aromatic nitrogens is 1. The van der Waals surface area contributed by atoms with Crippen LogP contribution in [0.25, 0.3) is 10.2 Å². The van der Waals surface area contributed by atoms with Crippen LogP contribution in [0.3, 0.4) is 0 Å². The van der Waals surface area contributed by atoms with Crippen LogP contribution in [0.2, 0.25) is 0 Å². The number of fused-ring (bicyclic) bond motifs is 1. The Balaban J connectivity index is 1.64. The van der Waals surface area contributed by atoms with Gasteiger partial charge in [-0.15, -0.1) is 10.2 Å². The number of benzene rings is 3. The summed E-state index contributed by atoms with van der Waals surface area (Å²) in [6.45, 7) is 0. The van der Waals surface area contributed by atoms with E-state index < -0.39 is 0 Å². The average molecular weight is 466 g/mol. The Morgan fingerprint density at radius 1 is 1.00 bits per heavy atom. The first-order valence-corrected chi connectivity index (χ1v) is 10.3. The molecule has 4 aromatic rings. The number of nitrogens with one attached hydrogen (secondary N) is 1. The van der Waals surface area contributed by atoms with Gasteiger partial charge in [0.25, 0.3) is 0 Å². The summed E-state index contributed by atoms with van der Waals surface area (Å²) in [5, 5.41) is 13.7. The van der Waals surface area contributed by atoms with Crippen molar-refractivity contribution < 1.29 is 4.74 Å². The number of ether oxygens (including phenoxy) is 1. The van der Waals surface area contributed by atoms with Gasteiger partial charge in [-0.3, -0.25) is 5.43 Å². The Bertz CT molecular complexity index is 1140. The summed E-state index contributed by atoms with van der Waals surface area (Å²) in [6, 6.07) is 23.1. The van der Waals surface area contributed by atoms with Crippen LogP contribution in [0.4, 0.5) is 10.8 Å². The smallest absolute Gasteiger partial charge is 0.231 e. The lowest BCUT2D eigenvalue weighted by Gasteiger charge is -2.04. The molecule has 1 N–H and O–H groups in total. The van der Waals surface area contributed by atoms with E-state index in [1.54, 1.807) is 7.11 Å². The average Bonchev–Trinajstić information content (AvgIpc) is 3.18. The lowest BCUT2D eigenvalue weighted by molar-refractivity contribution is 0.415. The summed E-state index contributed by atoms with van der Waals surface area (Å²) in [6.07, 6.45) is 0. The van der Waals surface area contributed by atoms with Crippen molar-refractivity contribution in [1.82, 2.24) is 4.98 Å². The van der Waals surface area contributed by atoms with E-state index in [9.17, 15) is 0 Å². The Morgan fingerprint density at radius 2 is 1.76 bits per heavy atom. The van der Waals surface area contributed by atoms with E-state index in [-0.39, 0.29) is 0 Å². The third kappa shape index (κ3) is 4.85. The van der Waals surface area contributed by atoms with Crippen LogP contribution < -0.4 is 10.2 Å². The first-order valence-electron chi connectivity index (χ1n) is 8.72. The summed E-state index contributed by atoms with van der Waals surface area (Å²) in [4.78, 5) is 4.49. The van der Waals surface area contributed by atoms with E-state index in [4.69, 9.17) is 4.74 Å². The lowest BCUT2D eigenvalue weighted by Crippen LogP contribution is -2.01. The van der Waals surface area contributed by atoms with Crippen molar-refractivity contribution in [3.05, 3.63) is 82.8 Å². The molecule has 4 rings (SSSR count). The topological polar surface area (TPSA) is 71.2 Å². The molecule has 0 saturated carbocycles. The number of azo groups is 1. The number of hydrazone groups is 1. The molecule has 0 aliphatic carbocycles. The predicted octanol–water partition coefficient (Wildman–Crippen LogP) is 6.63. The van der Waals surface area contributed by atoms with Crippen molar-refractivity contribution in [1.29, 1.82) is 0 Å². The summed E-state index contributed by atoms with van der Waals surface area (Å²) < 4.78 is 7.30. The second-order valence-corrected chi connectivity index (χ2v) is 7.87. The predicted molar refractivity (Wildman–Crippen MR) is 121 cm³/mol. The minimum Gasteiger partial charge on any atom is -0.497 e. The number of rotatable bonds is 5. The largest absolute Gasteiger partial charge is 0.497 e. The third-order valence-electron chi connectivity index (χ3n) is 4.00. The molecule has 0 bridgehead atoms. The summed E-state index contributed by atoms with van der Waals surface area (Å²) >= 11 is 4.91. The maximum Gasteiger partial charge on any atom is 0.231 e. The number of methoxy groups -OCH3 is 1. The zero-order valence-electron chi connectivity index (χ0n) is 15.4. The van der Waals surface area contributed by atoms with E-state index in [1.807, 2.05) is 72.8 Å². The molecule has 144 valence electrons. The quantitative estimate of drug-likeness (QED) is 0.155. The fourth-order valence-corrected chi connectivity index (χ4v) is 3.57. The number of hydrogen-bond acceptors (Lipinski definition) is 6. The molecular formula is C21H16BrN5OS. The molecule has 6 nitrogen and oxygen atoms in total. The molecule has 3 aromatic carbocycles. The van der Waals surface area contributed by atoms with Crippen LogP contribution in [0.5, 0.6) is 5.75 Å². The Hall–Kier alpha value is -3.10. The zero-order valence-corrected chi connectivity index (χ0v) is 17.8. The molecule has 1 aromatic heterocycles. The molecule has 0 spiro atoms. The maximum atomic E-state index is 5.23. The molecule has 0 amide bonds. The van der Waals surface area contributed by atoms with E-state index >= 15 is 0 Å². The molecule has 29 heavy (non-hydrogen) atoms. The van der Waals surface area contributed by atoms with Gasteiger partial charge in [-0.05, 0) is 60.7 Å². The number of halogens is 1. The van der Waals surface area contributed by atoms with Gasteiger partial charge in [0.2, 0.25) is 11.0 Å². The van der Waals surface area contributed by atoms with Crippen LogP contribution in [-0.4, -0.2) is 17.9 Å². The molecule has 0 atom stereocenters. The number of anilines is 1. The number of hydrogen-bond donors (Lipinski definition) is 1. The summed E-state index contributed by atoms with van der Waals surface area (Å²) in [7, 11) is 1.63. The molecule has 0 unspecified atom stereocenters. The van der Waals surface area contributed by atoms with Crippen molar-refractivity contribution in [2.75, 3.05) is 12.5 Å². The fourth-order valence-electron chi connectivity index (χ4n) is 2.52. The standard InChI is InChI=1S/C21H16BrN5OS/c1-28-17-12-6-14(7-13-17)20(25-24-16-10-8-15(22)9-11-16)26-27-21-23-18-4-2-3-5-19(18)29-21/h2-13,24H,1H3/b25-20+,27-26?. The van der Waals surface area contributed by atoms with Crippen LogP contribution >= 0.6 is 27.3 Å². The second kappa shape index (κ2) is 8.93. The molecule has 8 heteroatoms. The lowest BCUT2D eigenvalue weighted by atomic mass is 10.2. The van der Waals surface area contributed by atoms with Gasteiger partial charge in [-0.1, -0.05) is 39.4 Å². The highest BCUT2D eigenvalue weighted by Gasteiger charge is 2.06. The highest BCUT2D eigenvalue weighted by molar-refractivity contribution is 9.10. The normalized spacial score (nSPS) is 11.9. The zero-order chi connectivity index (χ0) is 20.1. The van der Waals surface area contributed by atoms with Gasteiger partial charge >= 0.3 is 0 Å². The first-order chi connectivity index (χ1) is 14.2. The Kier molecular flexibility index (Phi) is 5.92. The Morgan fingerprint density at radius 3 is 2.48 bits per heavy atom. The van der Waals surface area contributed by atoms with E-state index in [1.165, 1.54) is 11.3 Å². The van der Waals surface area contributed by atoms with E-state index in [0.717, 1.165) is 31.7 Å². The van der Waals surface area contributed by atoms with Crippen LogP contribution in [0.1, 0.15) is 5.56 Å². The minimum atomic E-state index is 0.440. The molecule has 0 aliphatic rings. The van der Waals surface area contributed by atoms with E-state index in [0.29, 0.717) is 11.0 Å². The highest BCUT2D eigenvalue weighted by atomic mass is 79.9. The van der Waals surface area contributed by atoms with Gasteiger partial charge in [-0.25, -0.2) is 4.98 Å². The number of para-hydroxylation sites is 1. The number of thiazole rings is 1. The Labute approximate surface area is 180 Å². The van der Waals surface area contributed by atoms with Gasteiger partial charge < -0.3 is 4.74 Å². The second-order valence-electron chi connectivity index (χ2n) is 5.95. The number of nitrogens with zero attached hydrogens (tertiary/aromatic N) is 4. The minimum absolute atomic E-state index is 0.440. The van der Waals surface area contributed by atoms with Crippen molar-refractivity contribution in [3.63, 3.8) is 0 Å². The van der Waals surface area contributed by atoms with Gasteiger partial charge in [-0.2, -0.15) is 5.10 Å². The van der Waals surface area contributed by atoms with E-state index in [2.05, 4.69) is 41.7 Å². The third-order valence-corrected chi connectivity index (χ3v) is 5.45. The maximum absolute atomic E-state index is 5.23. The van der Waals surface area contributed by atoms with Crippen LogP contribution in [0, 0.1) is 0 Å². The van der Waals surface area contributed by atoms with Gasteiger partial charge in [0, 0.05) is 10.0 Å². The van der Waals surface area contributed by atoms with Crippen molar-refractivity contribution in [3.8, 4) is 5.75 Å². The molecule has 0 radical (unpaired) electrons. The van der Waals surface area contributed by atoms with Gasteiger partial charge in [0.1, 0.15) is 5.75 Å². The molecule has 0 fully saturated rings. The van der Waals surface area contributed by atoms with Crippen molar-refractivity contribution >= 4 is 54.1 Å². The summed E-state index contributed by atoms with van der Waals surface area (Å²) in [5.41, 5.74) is 5.58. The van der Waals surface area contributed by atoms with Gasteiger partial charge in [0.15, 0.2) is 0 Å². The summed E-state index contributed by atoms with van der Waals surface area (Å²) in [5.74, 6) is 1.20. The van der Waals surface area contributed by atoms with Gasteiger partial charge in [0.05, 0.1) is 23.0 Å². The SMILES string of the molecule is COc1ccc(/C(N=Nc2nc3ccccc3s2)=N\Nc2ccc(Br)cc2)cc1. The van der Waals surface area contributed by atoms with Crippen molar-refractivity contribution in [2.24, 2.45) is 15.3 Å². The van der Waals surface area contributed by atoms with Crippen LogP contribution in [0.15, 0.2) is 92.6 Å². The monoisotopic (exact) mass is 465 g/mol. The molecular weight excluding hydrogens is 450 g/mol. The number of amidine groups is 1. The molecule has 0 aliphatic heterocycles. The fraction of sp³-hybridized carbons (Fsp3) is 0.0476.